The van der Waals surface area contributed by atoms with E-state index >= 15 is 0 Å². The number of benzene rings is 1. The minimum absolute atomic E-state index is 0.0183. The molecule has 3 aromatic rings. The van der Waals surface area contributed by atoms with Crippen molar-refractivity contribution in [2.45, 2.75) is 60.0 Å². The molecule has 2 aromatic heterocycles. The van der Waals surface area contributed by atoms with Crippen molar-refractivity contribution in [1.82, 2.24) is 23.8 Å². The Kier molecular flexibility index (Phi) is 5.34. The quantitative estimate of drug-likeness (QED) is 0.504. The standard InChI is InChI=1S/C22H25FN6O4S2/c23-18-11-17(34(30,31)15-1-2-15)5-6-19(18)27-21-20-22(25-12-24-21)29(13-26-20)14-7-9-28(10-8-14)35(32,33)16-3-4-16/h5-6,11-16H,1-4,7-10H2,(H,24,25,27). The fourth-order valence-electron chi connectivity index (χ4n) is 4.63. The molecule has 2 aliphatic carbocycles. The highest BCUT2D eigenvalue weighted by molar-refractivity contribution is 7.92. The molecule has 1 N–H and O–H groups in total. The van der Waals surface area contributed by atoms with Crippen molar-refractivity contribution in [3.05, 3.63) is 36.7 Å². The Labute approximate surface area is 202 Å². The minimum atomic E-state index is -3.49. The van der Waals surface area contributed by atoms with Gasteiger partial charge in [-0.2, -0.15) is 0 Å². The van der Waals surface area contributed by atoms with Gasteiger partial charge in [-0.1, -0.05) is 0 Å². The van der Waals surface area contributed by atoms with Crippen molar-refractivity contribution in [2.75, 3.05) is 18.4 Å². The van der Waals surface area contributed by atoms with Crippen molar-refractivity contribution in [2.24, 2.45) is 0 Å². The number of nitrogens with one attached hydrogen (secondary N) is 1. The molecule has 3 heterocycles. The molecule has 186 valence electrons. The number of rotatable bonds is 7. The fourth-order valence-corrected chi connectivity index (χ4v) is 8.17. The van der Waals surface area contributed by atoms with Gasteiger partial charge in [0.25, 0.3) is 0 Å². The molecule has 0 radical (unpaired) electrons. The van der Waals surface area contributed by atoms with Crippen molar-refractivity contribution in [3.8, 4) is 0 Å². The number of anilines is 2. The van der Waals surface area contributed by atoms with Crippen LogP contribution in [0.15, 0.2) is 35.7 Å². The van der Waals surface area contributed by atoms with E-state index in [4.69, 9.17) is 0 Å². The smallest absolute Gasteiger partial charge is 0.216 e. The lowest BCUT2D eigenvalue weighted by atomic mass is 10.1. The van der Waals surface area contributed by atoms with Crippen LogP contribution in [0.5, 0.6) is 0 Å². The van der Waals surface area contributed by atoms with Gasteiger partial charge in [0.1, 0.15) is 12.1 Å². The second-order valence-corrected chi connectivity index (χ2v) is 13.9. The molecule has 0 bridgehead atoms. The molecule has 13 heteroatoms. The largest absolute Gasteiger partial charge is 0.336 e. The Balaban J connectivity index is 1.22. The second-order valence-electron chi connectivity index (χ2n) is 9.43. The maximum Gasteiger partial charge on any atom is 0.216 e. The van der Waals surface area contributed by atoms with E-state index in [2.05, 4.69) is 20.3 Å². The van der Waals surface area contributed by atoms with Gasteiger partial charge in [-0.25, -0.2) is 40.5 Å². The first-order chi connectivity index (χ1) is 16.7. The number of hydrogen-bond acceptors (Lipinski definition) is 8. The van der Waals surface area contributed by atoms with Gasteiger partial charge >= 0.3 is 0 Å². The van der Waals surface area contributed by atoms with Gasteiger partial charge in [0.05, 0.1) is 27.4 Å². The molecule has 0 atom stereocenters. The molecule has 3 aliphatic rings. The van der Waals surface area contributed by atoms with Crippen molar-refractivity contribution >= 4 is 42.5 Å². The molecule has 10 nitrogen and oxygen atoms in total. The average molecular weight is 521 g/mol. The fraction of sp³-hybridized carbons (Fsp3) is 0.500. The predicted molar refractivity (Wildman–Crippen MR) is 127 cm³/mol. The third kappa shape index (κ3) is 4.08. The van der Waals surface area contributed by atoms with Gasteiger partial charge in [-0.15, -0.1) is 0 Å². The van der Waals surface area contributed by atoms with Crippen LogP contribution in [0.25, 0.3) is 11.2 Å². The molecule has 1 saturated heterocycles. The van der Waals surface area contributed by atoms with E-state index in [-0.39, 0.29) is 21.9 Å². The van der Waals surface area contributed by atoms with E-state index in [1.807, 2.05) is 4.57 Å². The summed E-state index contributed by atoms with van der Waals surface area (Å²) < 4.78 is 68.2. The molecule has 0 amide bonds. The highest BCUT2D eigenvalue weighted by Crippen LogP contribution is 2.36. The van der Waals surface area contributed by atoms with E-state index in [1.54, 1.807) is 10.6 Å². The van der Waals surface area contributed by atoms with Crippen LogP contribution in [0.4, 0.5) is 15.9 Å². The van der Waals surface area contributed by atoms with Gasteiger partial charge in [0, 0.05) is 19.1 Å². The molecule has 1 aliphatic heterocycles. The number of sulfonamides is 1. The van der Waals surface area contributed by atoms with Crippen molar-refractivity contribution in [1.29, 1.82) is 0 Å². The number of fused-ring (bicyclic) bond motifs is 1. The molecule has 3 fully saturated rings. The Morgan fingerprint density at radius 1 is 0.914 bits per heavy atom. The monoisotopic (exact) mass is 520 g/mol. The van der Waals surface area contributed by atoms with Crippen LogP contribution >= 0.6 is 0 Å². The molecular weight excluding hydrogens is 495 g/mol. The minimum Gasteiger partial charge on any atom is -0.336 e. The zero-order valence-corrected chi connectivity index (χ0v) is 20.5. The predicted octanol–water partition coefficient (Wildman–Crippen LogP) is 2.77. The molecular formula is C22H25FN6O4S2. The first-order valence-corrected chi connectivity index (χ1v) is 14.8. The molecule has 1 aromatic carbocycles. The second kappa shape index (κ2) is 8.20. The topological polar surface area (TPSA) is 127 Å². The zero-order chi connectivity index (χ0) is 24.4. The number of piperidine rings is 1. The Morgan fingerprint density at radius 2 is 1.63 bits per heavy atom. The van der Waals surface area contributed by atoms with Crippen LogP contribution in [0, 0.1) is 5.82 Å². The number of imidazole rings is 1. The third-order valence-electron chi connectivity index (χ3n) is 6.97. The summed E-state index contributed by atoms with van der Waals surface area (Å²) in [6, 6.07) is 3.87. The van der Waals surface area contributed by atoms with Crippen LogP contribution in [-0.2, 0) is 19.9 Å². The molecule has 6 rings (SSSR count). The van der Waals surface area contributed by atoms with E-state index in [9.17, 15) is 21.2 Å². The summed E-state index contributed by atoms with van der Waals surface area (Å²) in [5.74, 6) is -0.388. The van der Waals surface area contributed by atoms with Crippen LogP contribution in [-0.4, -0.2) is 64.2 Å². The molecule has 35 heavy (non-hydrogen) atoms. The van der Waals surface area contributed by atoms with Gasteiger partial charge in [0.2, 0.25) is 10.0 Å². The third-order valence-corrected chi connectivity index (χ3v) is 11.6. The van der Waals surface area contributed by atoms with Crippen LogP contribution < -0.4 is 5.32 Å². The number of sulfone groups is 1. The number of halogens is 1. The van der Waals surface area contributed by atoms with Gasteiger partial charge in [-0.3, -0.25) is 0 Å². The Bertz CT molecular complexity index is 1510. The van der Waals surface area contributed by atoms with E-state index in [0.29, 0.717) is 55.8 Å². The SMILES string of the molecule is O=S(=O)(c1ccc(Nc2ncnc3c2ncn3C2CCN(S(=O)(=O)C3CC3)CC2)c(F)c1)C1CC1. The summed E-state index contributed by atoms with van der Waals surface area (Å²) in [6.45, 7) is 0.918. The van der Waals surface area contributed by atoms with Crippen LogP contribution in [0.2, 0.25) is 0 Å². The van der Waals surface area contributed by atoms with Crippen molar-refractivity contribution < 1.29 is 21.2 Å². The Hall–Kier alpha value is -2.64. The summed E-state index contributed by atoms with van der Waals surface area (Å²) in [5, 5.41) is 2.30. The first-order valence-electron chi connectivity index (χ1n) is 11.7. The first kappa shape index (κ1) is 22.8. The van der Waals surface area contributed by atoms with Gasteiger partial charge < -0.3 is 9.88 Å². The van der Waals surface area contributed by atoms with Crippen LogP contribution in [0.3, 0.4) is 0 Å². The lowest BCUT2D eigenvalue weighted by molar-refractivity contribution is 0.276. The number of nitrogens with zero attached hydrogens (tertiary/aromatic N) is 5. The number of hydrogen-bond donors (Lipinski definition) is 1. The maximum atomic E-state index is 14.8. The summed E-state index contributed by atoms with van der Waals surface area (Å²) in [5.41, 5.74) is 1.11. The van der Waals surface area contributed by atoms with Gasteiger partial charge in [0.15, 0.2) is 26.8 Å². The summed E-state index contributed by atoms with van der Waals surface area (Å²) in [7, 11) is -6.67. The molecule has 0 unspecified atom stereocenters. The lowest BCUT2D eigenvalue weighted by Crippen LogP contribution is -2.40. The van der Waals surface area contributed by atoms with Crippen molar-refractivity contribution in [3.63, 3.8) is 0 Å². The average Bonchev–Trinajstić information content (AvgIpc) is 3.76. The summed E-state index contributed by atoms with van der Waals surface area (Å²) >= 11 is 0. The summed E-state index contributed by atoms with van der Waals surface area (Å²) in [4.78, 5) is 13.0. The van der Waals surface area contributed by atoms with Crippen LogP contribution in [0.1, 0.15) is 44.6 Å². The van der Waals surface area contributed by atoms with Gasteiger partial charge in [-0.05, 0) is 56.7 Å². The highest BCUT2D eigenvalue weighted by Gasteiger charge is 2.41. The Morgan fingerprint density at radius 3 is 2.29 bits per heavy atom. The lowest BCUT2D eigenvalue weighted by Gasteiger charge is -2.31. The number of aromatic nitrogens is 4. The summed E-state index contributed by atoms with van der Waals surface area (Å²) in [6.07, 6.45) is 7.04. The highest BCUT2D eigenvalue weighted by atomic mass is 32.2. The molecule has 2 saturated carbocycles. The zero-order valence-electron chi connectivity index (χ0n) is 18.8. The maximum absolute atomic E-state index is 14.8. The van der Waals surface area contributed by atoms with E-state index in [1.165, 1.54) is 18.5 Å². The molecule has 0 spiro atoms. The van der Waals surface area contributed by atoms with E-state index < -0.39 is 30.9 Å². The van der Waals surface area contributed by atoms with E-state index in [0.717, 1.165) is 18.9 Å². The normalized spacial score (nSPS) is 20.4.